The van der Waals surface area contributed by atoms with E-state index in [1.54, 1.807) is 12.1 Å². The number of hydrogen-bond donors (Lipinski definition) is 0. The molecule has 184 valence electrons. The number of likely N-dealkylation sites (tertiary alicyclic amines) is 1. The van der Waals surface area contributed by atoms with Crippen molar-refractivity contribution in [2.24, 2.45) is 5.92 Å². The number of carbonyl (C=O) groups is 1. The molecule has 35 heavy (non-hydrogen) atoms. The molecule has 0 bridgehead atoms. The minimum absolute atomic E-state index is 0.0297. The summed E-state index contributed by atoms with van der Waals surface area (Å²) in [5, 5.41) is 10.8. The summed E-state index contributed by atoms with van der Waals surface area (Å²) in [6.07, 6.45) is 0.0696. The molecule has 0 spiro atoms. The van der Waals surface area contributed by atoms with Crippen LogP contribution in [0, 0.1) is 11.7 Å². The Morgan fingerprint density at radius 1 is 1.00 bits per heavy atom. The van der Waals surface area contributed by atoms with E-state index in [1.807, 2.05) is 21.9 Å². The third-order valence-corrected chi connectivity index (χ3v) is 6.61. The molecule has 0 N–H and O–H groups in total. The summed E-state index contributed by atoms with van der Waals surface area (Å²) in [5.74, 6) is -1.02. The standard InChI is InChI=1S/C24H24F4N6O/c25-19-3-1-2-17(15-19)14-16-6-10-33(11-7-16)22(35)18-8-12-32(13-9-18)21-5-4-20-29-30-23(24(26,27)28)34(20)31-21/h1-5,14-15,18H,6-13H2. The van der Waals surface area contributed by atoms with Gasteiger partial charge in [0.15, 0.2) is 5.65 Å². The van der Waals surface area contributed by atoms with Crippen molar-refractivity contribution in [2.75, 3.05) is 31.1 Å². The zero-order valence-corrected chi connectivity index (χ0v) is 18.9. The molecule has 2 aliphatic rings. The summed E-state index contributed by atoms with van der Waals surface area (Å²) >= 11 is 0. The Balaban J connectivity index is 1.18. The number of aromatic nitrogens is 4. The molecule has 0 aliphatic carbocycles. The Morgan fingerprint density at radius 3 is 2.43 bits per heavy atom. The maximum atomic E-state index is 13.4. The molecule has 1 amide bonds. The Kier molecular flexibility index (Phi) is 6.16. The molecule has 0 unspecified atom stereocenters. The van der Waals surface area contributed by atoms with Crippen molar-refractivity contribution in [3.63, 3.8) is 0 Å². The van der Waals surface area contributed by atoms with Crippen LogP contribution in [0.3, 0.4) is 0 Å². The lowest BCUT2D eigenvalue weighted by Crippen LogP contribution is -2.44. The fraction of sp³-hybridized carbons (Fsp3) is 0.417. The number of hydrogen-bond acceptors (Lipinski definition) is 5. The van der Waals surface area contributed by atoms with Crippen LogP contribution in [0.15, 0.2) is 42.0 Å². The molecule has 2 fully saturated rings. The monoisotopic (exact) mass is 488 g/mol. The fourth-order valence-electron chi connectivity index (χ4n) is 4.73. The molecule has 5 rings (SSSR count). The lowest BCUT2D eigenvalue weighted by Gasteiger charge is -2.36. The molecule has 1 aromatic carbocycles. The third kappa shape index (κ3) is 4.98. The van der Waals surface area contributed by atoms with Gasteiger partial charge in [0.1, 0.15) is 11.6 Å². The van der Waals surface area contributed by atoms with Gasteiger partial charge in [-0.3, -0.25) is 4.79 Å². The first kappa shape index (κ1) is 23.3. The van der Waals surface area contributed by atoms with Crippen LogP contribution in [0.25, 0.3) is 11.7 Å². The predicted octanol–water partition coefficient (Wildman–Crippen LogP) is 4.20. The number of fused-ring (bicyclic) bond motifs is 1. The predicted molar refractivity (Wildman–Crippen MR) is 121 cm³/mol. The molecule has 4 heterocycles. The van der Waals surface area contributed by atoms with Gasteiger partial charge in [-0.25, -0.2) is 4.39 Å². The molecule has 2 aliphatic heterocycles. The first-order valence-electron chi connectivity index (χ1n) is 11.6. The lowest BCUT2D eigenvalue weighted by atomic mass is 9.93. The third-order valence-electron chi connectivity index (χ3n) is 6.61. The van der Waals surface area contributed by atoms with E-state index < -0.39 is 12.0 Å². The molecule has 0 radical (unpaired) electrons. The van der Waals surface area contributed by atoms with E-state index in [0.717, 1.165) is 22.9 Å². The van der Waals surface area contributed by atoms with Crippen molar-refractivity contribution >= 4 is 23.4 Å². The number of nitrogens with zero attached hydrogens (tertiary/aromatic N) is 6. The van der Waals surface area contributed by atoms with Crippen molar-refractivity contribution in [3.8, 4) is 0 Å². The molecule has 11 heteroatoms. The number of benzene rings is 1. The van der Waals surface area contributed by atoms with Crippen molar-refractivity contribution in [2.45, 2.75) is 31.9 Å². The van der Waals surface area contributed by atoms with Crippen LogP contribution in [0.1, 0.15) is 37.1 Å². The second-order valence-corrected chi connectivity index (χ2v) is 8.93. The maximum absolute atomic E-state index is 13.4. The van der Waals surface area contributed by atoms with Crippen LogP contribution in [0.2, 0.25) is 0 Å². The van der Waals surface area contributed by atoms with Crippen molar-refractivity contribution in [1.29, 1.82) is 0 Å². The van der Waals surface area contributed by atoms with Crippen LogP contribution < -0.4 is 4.90 Å². The number of amides is 1. The average Bonchev–Trinajstić information content (AvgIpc) is 3.28. The van der Waals surface area contributed by atoms with E-state index in [1.165, 1.54) is 23.8 Å². The van der Waals surface area contributed by atoms with Gasteiger partial charge < -0.3 is 9.80 Å². The van der Waals surface area contributed by atoms with Crippen LogP contribution >= 0.6 is 0 Å². The average molecular weight is 488 g/mol. The lowest BCUT2D eigenvalue weighted by molar-refractivity contribution is -0.146. The molecular formula is C24H24F4N6O. The van der Waals surface area contributed by atoms with Crippen molar-refractivity contribution < 1.29 is 22.4 Å². The number of anilines is 1. The number of alkyl halides is 3. The van der Waals surface area contributed by atoms with Gasteiger partial charge in [0.25, 0.3) is 5.82 Å². The highest BCUT2D eigenvalue weighted by Gasteiger charge is 2.38. The van der Waals surface area contributed by atoms with Gasteiger partial charge >= 0.3 is 6.18 Å². The zero-order valence-electron chi connectivity index (χ0n) is 18.9. The SMILES string of the molecule is O=C(C1CCN(c2ccc3nnc(C(F)(F)F)n3n2)CC1)N1CCC(=Cc2cccc(F)c2)CC1. The molecule has 0 saturated carbocycles. The summed E-state index contributed by atoms with van der Waals surface area (Å²) in [6, 6.07) is 9.55. The highest BCUT2D eigenvalue weighted by atomic mass is 19.4. The summed E-state index contributed by atoms with van der Waals surface area (Å²) in [6.45, 7) is 2.31. The molecule has 2 saturated heterocycles. The smallest absolute Gasteiger partial charge is 0.355 e. The minimum Gasteiger partial charge on any atom is -0.355 e. The molecule has 2 aromatic heterocycles. The Labute approximate surface area is 199 Å². The van der Waals surface area contributed by atoms with E-state index in [4.69, 9.17) is 0 Å². The summed E-state index contributed by atoms with van der Waals surface area (Å²) < 4.78 is 53.6. The normalized spacial score (nSPS) is 17.8. The van der Waals surface area contributed by atoms with Gasteiger partial charge in [0.05, 0.1) is 0 Å². The van der Waals surface area contributed by atoms with Crippen LogP contribution in [0.5, 0.6) is 0 Å². The van der Waals surface area contributed by atoms with E-state index in [0.29, 0.717) is 44.8 Å². The summed E-state index contributed by atoms with van der Waals surface area (Å²) in [7, 11) is 0. The second-order valence-electron chi connectivity index (χ2n) is 8.93. The van der Waals surface area contributed by atoms with Crippen LogP contribution in [-0.2, 0) is 11.0 Å². The van der Waals surface area contributed by atoms with E-state index >= 15 is 0 Å². The highest BCUT2D eigenvalue weighted by Crippen LogP contribution is 2.29. The largest absolute Gasteiger partial charge is 0.453 e. The minimum atomic E-state index is -4.65. The van der Waals surface area contributed by atoms with E-state index in [9.17, 15) is 22.4 Å². The number of rotatable bonds is 3. The topological polar surface area (TPSA) is 66.6 Å². The Bertz CT molecular complexity index is 1250. The van der Waals surface area contributed by atoms with Gasteiger partial charge in [-0.05, 0) is 55.5 Å². The number of carbonyl (C=O) groups excluding carboxylic acids is 1. The fourth-order valence-corrected chi connectivity index (χ4v) is 4.73. The highest BCUT2D eigenvalue weighted by molar-refractivity contribution is 5.79. The Hall–Kier alpha value is -3.50. The van der Waals surface area contributed by atoms with Crippen molar-refractivity contribution in [1.82, 2.24) is 24.7 Å². The maximum Gasteiger partial charge on any atom is 0.453 e. The van der Waals surface area contributed by atoms with Crippen molar-refractivity contribution in [3.05, 3.63) is 59.2 Å². The van der Waals surface area contributed by atoms with Gasteiger partial charge in [-0.1, -0.05) is 23.8 Å². The molecule has 3 aromatic rings. The number of halogens is 4. The van der Waals surface area contributed by atoms with Gasteiger partial charge in [0.2, 0.25) is 5.91 Å². The molecular weight excluding hydrogens is 464 g/mol. The van der Waals surface area contributed by atoms with Gasteiger partial charge in [-0.2, -0.15) is 17.7 Å². The van der Waals surface area contributed by atoms with Crippen LogP contribution in [0.4, 0.5) is 23.4 Å². The summed E-state index contributed by atoms with van der Waals surface area (Å²) in [5.41, 5.74) is 2.05. The summed E-state index contributed by atoms with van der Waals surface area (Å²) in [4.78, 5) is 16.9. The molecule has 0 atom stereocenters. The second kappa shape index (κ2) is 9.27. The first-order valence-corrected chi connectivity index (χ1v) is 11.6. The van der Waals surface area contributed by atoms with E-state index in [2.05, 4.69) is 15.3 Å². The molecule has 7 nitrogen and oxygen atoms in total. The van der Waals surface area contributed by atoms with Crippen LogP contribution in [-0.4, -0.2) is 56.8 Å². The quantitative estimate of drug-likeness (QED) is 0.517. The van der Waals surface area contributed by atoms with Gasteiger partial charge in [0, 0.05) is 32.1 Å². The van der Waals surface area contributed by atoms with Gasteiger partial charge in [-0.15, -0.1) is 15.3 Å². The first-order chi connectivity index (χ1) is 16.8. The van der Waals surface area contributed by atoms with E-state index in [-0.39, 0.29) is 23.3 Å². The number of piperidine rings is 2. The Morgan fingerprint density at radius 2 is 1.74 bits per heavy atom. The zero-order chi connectivity index (χ0) is 24.6.